The molecule has 0 bridgehead atoms. The van der Waals surface area contributed by atoms with Crippen molar-refractivity contribution in [3.63, 3.8) is 0 Å². The van der Waals surface area contributed by atoms with Crippen LogP contribution in [-0.2, 0) is 10.0 Å². The summed E-state index contributed by atoms with van der Waals surface area (Å²) in [7, 11) is -3.61. The van der Waals surface area contributed by atoms with E-state index in [0.29, 0.717) is 24.2 Å². The minimum absolute atomic E-state index is 0.0910. The van der Waals surface area contributed by atoms with Crippen LogP contribution in [0.4, 0.5) is 0 Å². The maximum Gasteiger partial charge on any atom is 0.244 e. The van der Waals surface area contributed by atoms with Gasteiger partial charge in [-0.2, -0.15) is 4.31 Å². The molecule has 1 aliphatic heterocycles. The quantitative estimate of drug-likeness (QED) is 0.935. The molecule has 2 heterocycles. The van der Waals surface area contributed by atoms with Crippen molar-refractivity contribution in [3.8, 4) is 0 Å². The first-order valence-electron chi connectivity index (χ1n) is 7.28. The molecule has 116 valence electrons. The van der Waals surface area contributed by atoms with Crippen LogP contribution in [0, 0.1) is 0 Å². The number of pyridine rings is 1. The first kappa shape index (κ1) is 15.1. The number of hydrogen-bond acceptors (Lipinski definition) is 4. The zero-order valence-corrected chi connectivity index (χ0v) is 12.9. The highest BCUT2D eigenvalue weighted by atomic mass is 32.2. The van der Waals surface area contributed by atoms with Gasteiger partial charge in [-0.3, -0.25) is 4.98 Å². The van der Waals surface area contributed by atoms with Crippen molar-refractivity contribution in [1.82, 2.24) is 9.29 Å². The van der Waals surface area contributed by atoms with E-state index in [-0.39, 0.29) is 4.90 Å². The summed E-state index contributed by atoms with van der Waals surface area (Å²) in [6.45, 7) is 1.05. The molecule has 0 amide bonds. The summed E-state index contributed by atoms with van der Waals surface area (Å²) in [6.07, 6.45) is 3.59. The van der Waals surface area contributed by atoms with E-state index in [4.69, 9.17) is 0 Å². The average molecular weight is 318 g/mol. The predicted molar refractivity (Wildman–Crippen MR) is 82.7 cm³/mol. The van der Waals surface area contributed by atoms with Crippen LogP contribution in [0.2, 0.25) is 0 Å². The monoisotopic (exact) mass is 318 g/mol. The van der Waals surface area contributed by atoms with Gasteiger partial charge in [-0.1, -0.05) is 30.3 Å². The van der Waals surface area contributed by atoms with E-state index in [0.717, 1.165) is 12.8 Å². The third kappa shape index (κ3) is 2.77. The minimum Gasteiger partial charge on any atom is -0.384 e. The number of aliphatic hydroxyl groups excluding tert-OH is 1. The lowest BCUT2D eigenvalue weighted by atomic mass is 10.0. The van der Waals surface area contributed by atoms with Crippen molar-refractivity contribution in [2.24, 2.45) is 0 Å². The largest absolute Gasteiger partial charge is 0.384 e. The number of rotatable bonds is 4. The van der Waals surface area contributed by atoms with Gasteiger partial charge in [0.1, 0.15) is 11.0 Å². The summed E-state index contributed by atoms with van der Waals surface area (Å²) in [5.74, 6) is 0. The Labute approximate surface area is 130 Å². The molecule has 5 nitrogen and oxygen atoms in total. The zero-order chi connectivity index (χ0) is 15.6. The number of benzene rings is 1. The second kappa shape index (κ2) is 6.16. The third-order valence-corrected chi connectivity index (χ3v) is 5.85. The van der Waals surface area contributed by atoms with Crippen molar-refractivity contribution < 1.29 is 13.5 Å². The second-order valence-corrected chi connectivity index (χ2v) is 7.24. The molecule has 3 rings (SSSR count). The molecule has 1 aliphatic rings. The topological polar surface area (TPSA) is 70.5 Å². The first-order chi connectivity index (χ1) is 10.6. The molecule has 0 spiro atoms. The van der Waals surface area contributed by atoms with Crippen LogP contribution >= 0.6 is 0 Å². The van der Waals surface area contributed by atoms with Crippen LogP contribution < -0.4 is 0 Å². The predicted octanol–water partition coefficient (Wildman–Crippen LogP) is 1.95. The van der Waals surface area contributed by atoms with Gasteiger partial charge in [0, 0.05) is 31.0 Å². The Morgan fingerprint density at radius 1 is 1.09 bits per heavy atom. The molecule has 1 N–H and O–H groups in total. The fraction of sp³-hybridized carbons (Fsp3) is 0.312. The Morgan fingerprint density at radius 3 is 2.45 bits per heavy atom. The fourth-order valence-corrected chi connectivity index (χ4v) is 4.40. The summed E-state index contributed by atoms with van der Waals surface area (Å²) >= 11 is 0. The van der Waals surface area contributed by atoms with E-state index in [1.54, 1.807) is 18.2 Å². The molecule has 0 radical (unpaired) electrons. The summed E-state index contributed by atoms with van der Waals surface area (Å²) < 4.78 is 27.0. The number of aromatic nitrogens is 1. The molecule has 1 aromatic heterocycles. The van der Waals surface area contributed by atoms with Crippen LogP contribution in [-0.4, -0.2) is 35.9 Å². The molecular weight excluding hydrogens is 300 g/mol. The number of sulfonamides is 1. The highest BCUT2D eigenvalue weighted by Crippen LogP contribution is 2.30. The lowest BCUT2D eigenvalue weighted by Gasteiger charge is -2.20. The zero-order valence-electron chi connectivity index (χ0n) is 12.1. The highest BCUT2D eigenvalue weighted by Gasteiger charge is 2.31. The lowest BCUT2D eigenvalue weighted by molar-refractivity contribution is 0.216. The maximum atomic E-state index is 12.8. The number of hydrogen-bond donors (Lipinski definition) is 1. The summed E-state index contributed by atoms with van der Waals surface area (Å²) in [4.78, 5) is 4.03. The Balaban J connectivity index is 2.03. The second-order valence-electron chi connectivity index (χ2n) is 5.34. The van der Waals surface area contributed by atoms with Gasteiger partial charge >= 0.3 is 0 Å². The van der Waals surface area contributed by atoms with Gasteiger partial charge in [0.2, 0.25) is 10.0 Å². The molecule has 1 saturated heterocycles. The van der Waals surface area contributed by atoms with Gasteiger partial charge in [-0.15, -0.1) is 0 Å². The third-order valence-electron chi connectivity index (χ3n) is 3.91. The maximum absolute atomic E-state index is 12.8. The molecular formula is C16H18N2O3S. The number of aliphatic hydroxyl groups is 1. The molecule has 2 aromatic rings. The van der Waals surface area contributed by atoms with Crippen molar-refractivity contribution in [3.05, 3.63) is 59.9 Å². The van der Waals surface area contributed by atoms with E-state index in [1.165, 1.54) is 16.7 Å². The lowest BCUT2D eigenvalue weighted by Crippen LogP contribution is -2.29. The van der Waals surface area contributed by atoms with E-state index < -0.39 is 16.1 Å². The molecule has 1 aromatic carbocycles. The van der Waals surface area contributed by atoms with E-state index in [9.17, 15) is 13.5 Å². The Kier molecular flexibility index (Phi) is 4.24. The first-order valence-corrected chi connectivity index (χ1v) is 8.72. The number of nitrogens with zero attached hydrogens (tertiary/aromatic N) is 2. The van der Waals surface area contributed by atoms with Gasteiger partial charge < -0.3 is 5.11 Å². The average Bonchev–Trinajstić information content (AvgIpc) is 3.10. The van der Waals surface area contributed by atoms with Gasteiger partial charge in [-0.05, 0) is 24.5 Å². The van der Waals surface area contributed by atoms with Crippen LogP contribution in [0.1, 0.15) is 30.1 Å². The Hall–Kier alpha value is -1.76. The molecule has 1 unspecified atom stereocenters. The van der Waals surface area contributed by atoms with Gasteiger partial charge in [0.05, 0.1) is 0 Å². The van der Waals surface area contributed by atoms with Crippen molar-refractivity contribution in [2.75, 3.05) is 13.1 Å². The summed E-state index contributed by atoms with van der Waals surface area (Å²) in [5, 5.41) is 10.6. The van der Waals surface area contributed by atoms with Crippen molar-refractivity contribution in [1.29, 1.82) is 0 Å². The van der Waals surface area contributed by atoms with Crippen molar-refractivity contribution >= 4 is 10.0 Å². The standard InChI is InChI=1S/C16H18N2O3S/c19-16(13-6-2-1-3-7-13)14-8-9-17-12-15(14)22(20,21)18-10-4-5-11-18/h1-3,6-9,12,16,19H,4-5,10-11H2. The van der Waals surface area contributed by atoms with Crippen LogP contribution in [0.15, 0.2) is 53.7 Å². The molecule has 0 saturated carbocycles. The van der Waals surface area contributed by atoms with Crippen LogP contribution in [0.3, 0.4) is 0 Å². The van der Waals surface area contributed by atoms with Gasteiger partial charge in [0.15, 0.2) is 0 Å². The summed E-state index contributed by atoms with van der Waals surface area (Å²) in [5.41, 5.74) is 1.03. The van der Waals surface area contributed by atoms with E-state index in [1.807, 2.05) is 18.2 Å². The summed E-state index contributed by atoms with van der Waals surface area (Å²) in [6, 6.07) is 10.6. The molecule has 6 heteroatoms. The molecule has 22 heavy (non-hydrogen) atoms. The van der Waals surface area contributed by atoms with E-state index >= 15 is 0 Å². The smallest absolute Gasteiger partial charge is 0.244 e. The van der Waals surface area contributed by atoms with Crippen LogP contribution in [0.25, 0.3) is 0 Å². The van der Waals surface area contributed by atoms with Gasteiger partial charge in [0.25, 0.3) is 0 Å². The molecule has 1 fully saturated rings. The van der Waals surface area contributed by atoms with Crippen molar-refractivity contribution in [2.45, 2.75) is 23.8 Å². The molecule has 0 aliphatic carbocycles. The Bertz CT molecular complexity index is 741. The highest BCUT2D eigenvalue weighted by molar-refractivity contribution is 7.89. The van der Waals surface area contributed by atoms with Crippen LogP contribution in [0.5, 0.6) is 0 Å². The minimum atomic E-state index is -3.61. The fourth-order valence-electron chi connectivity index (χ4n) is 2.71. The Morgan fingerprint density at radius 2 is 1.77 bits per heavy atom. The molecule has 1 atom stereocenters. The SMILES string of the molecule is O=S(=O)(c1cnccc1C(O)c1ccccc1)N1CCCC1. The van der Waals surface area contributed by atoms with Gasteiger partial charge in [-0.25, -0.2) is 8.42 Å². The van der Waals surface area contributed by atoms with E-state index in [2.05, 4.69) is 4.98 Å². The normalized spacial score (nSPS) is 17.5.